The second-order valence-electron chi connectivity index (χ2n) is 5.65. The molecule has 0 aromatic heterocycles. The van der Waals surface area contributed by atoms with Crippen molar-refractivity contribution in [2.75, 3.05) is 32.7 Å². The standard InChI is InChI=1S/C13H21F3N2O2/c14-13(15,16)12(20)10-3-6-17(7-4-10)8-9-18-5-1-2-11(18)19/h10,12,20H,1-9H2. The highest BCUT2D eigenvalue weighted by Gasteiger charge is 2.44. The van der Waals surface area contributed by atoms with Crippen LogP contribution in [0.2, 0.25) is 0 Å². The summed E-state index contributed by atoms with van der Waals surface area (Å²) in [6, 6.07) is 0. The SMILES string of the molecule is O=C1CCCN1CCN1CCC(C(O)C(F)(F)F)CC1. The lowest BCUT2D eigenvalue weighted by Gasteiger charge is -2.35. The predicted octanol–water partition coefficient (Wildman–Crippen LogP) is 1.24. The minimum atomic E-state index is -4.52. The van der Waals surface area contributed by atoms with E-state index in [9.17, 15) is 23.1 Å². The zero-order valence-electron chi connectivity index (χ0n) is 11.4. The Balaban J connectivity index is 1.70. The third kappa shape index (κ3) is 3.85. The van der Waals surface area contributed by atoms with Crippen LogP contribution in [-0.2, 0) is 4.79 Å². The fraction of sp³-hybridized carbons (Fsp3) is 0.923. The van der Waals surface area contributed by atoms with Gasteiger partial charge >= 0.3 is 6.18 Å². The number of hydrogen-bond donors (Lipinski definition) is 1. The van der Waals surface area contributed by atoms with Crippen LogP contribution in [0.3, 0.4) is 0 Å². The summed E-state index contributed by atoms with van der Waals surface area (Å²) in [5.74, 6) is -0.521. The summed E-state index contributed by atoms with van der Waals surface area (Å²) in [7, 11) is 0. The molecule has 0 aromatic rings. The number of carbonyl (C=O) groups excluding carboxylic acids is 1. The lowest BCUT2D eigenvalue weighted by atomic mass is 9.91. The van der Waals surface area contributed by atoms with Crippen LogP contribution in [0.5, 0.6) is 0 Å². The van der Waals surface area contributed by atoms with Gasteiger partial charge in [-0.25, -0.2) is 0 Å². The first-order valence-corrected chi connectivity index (χ1v) is 7.13. The number of carbonyl (C=O) groups is 1. The van der Waals surface area contributed by atoms with E-state index in [-0.39, 0.29) is 5.91 Å². The molecule has 1 amide bonds. The molecule has 2 saturated heterocycles. The van der Waals surface area contributed by atoms with Gasteiger partial charge in [0.05, 0.1) is 0 Å². The van der Waals surface area contributed by atoms with E-state index in [1.807, 2.05) is 4.90 Å². The van der Waals surface area contributed by atoms with E-state index in [0.717, 1.165) is 13.0 Å². The van der Waals surface area contributed by atoms with E-state index in [0.29, 0.717) is 45.4 Å². The van der Waals surface area contributed by atoms with Crippen LogP contribution >= 0.6 is 0 Å². The van der Waals surface area contributed by atoms with E-state index < -0.39 is 18.2 Å². The van der Waals surface area contributed by atoms with Crippen molar-refractivity contribution in [3.63, 3.8) is 0 Å². The number of nitrogens with zero attached hydrogens (tertiary/aromatic N) is 2. The molecule has 2 rings (SSSR count). The Hall–Kier alpha value is -0.820. The van der Waals surface area contributed by atoms with Crippen LogP contribution in [0, 0.1) is 5.92 Å². The minimum Gasteiger partial charge on any atom is -0.383 e. The van der Waals surface area contributed by atoms with Gasteiger partial charge < -0.3 is 14.9 Å². The Kier molecular flexibility index (Phi) is 4.90. The first kappa shape index (κ1) is 15.6. The van der Waals surface area contributed by atoms with E-state index >= 15 is 0 Å². The number of halogens is 3. The minimum absolute atomic E-state index is 0.173. The van der Waals surface area contributed by atoms with Gasteiger partial charge in [0.25, 0.3) is 0 Å². The molecule has 0 spiro atoms. The molecule has 116 valence electrons. The second kappa shape index (κ2) is 6.30. The molecular formula is C13H21F3N2O2. The number of likely N-dealkylation sites (tertiary alicyclic amines) is 2. The Bertz CT molecular complexity index is 341. The maximum Gasteiger partial charge on any atom is 0.414 e. The summed E-state index contributed by atoms with van der Waals surface area (Å²) in [5, 5.41) is 9.24. The molecule has 0 aromatic carbocycles. The Morgan fingerprint density at radius 2 is 1.85 bits per heavy atom. The zero-order chi connectivity index (χ0) is 14.8. The summed E-state index contributed by atoms with van der Waals surface area (Å²) in [5.41, 5.74) is 0. The molecule has 1 N–H and O–H groups in total. The Morgan fingerprint density at radius 3 is 2.35 bits per heavy atom. The predicted molar refractivity (Wildman–Crippen MR) is 67.0 cm³/mol. The number of rotatable bonds is 4. The first-order chi connectivity index (χ1) is 9.38. The van der Waals surface area contributed by atoms with Crippen molar-refractivity contribution >= 4 is 5.91 Å². The molecule has 1 atom stereocenters. The molecule has 4 nitrogen and oxygen atoms in total. The zero-order valence-corrected chi connectivity index (χ0v) is 11.4. The van der Waals surface area contributed by atoms with Gasteiger partial charge in [-0.3, -0.25) is 4.79 Å². The number of aliphatic hydroxyl groups excluding tert-OH is 1. The molecule has 0 saturated carbocycles. The van der Waals surface area contributed by atoms with Gasteiger partial charge in [-0.05, 0) is 38.3 Å². The van der Waals surface area contributed by atoms with Gasteiger partial charge in [0.15, 0.2) is 6.10 Å². The molecule has 2 heterocycles. The number of piperidine rings is 1. The summed E-state index contributed by atoms with van der Waals surface area (Å²) in [4.78, 5) is 15.3. The van der Waals surface area contributed by atoms with Gasteiger partial charge in [-0.15, -0.1) is 0 Å². The van der Waals surface area contributed by atoms with Gasteiger partial charge in [0, 0.05) is 26.1 Å². The van der Waals surface area contributed by atoms with E-state index in [2.05, 4.69) is 4.90 Å². The highest BCUT2D eigenvalue weighted by atomic mass is 19.4. The number of aliphatic hydroxyl groups is 1. The third-order valence-corrected chi connectivity index (χ3v) is 4.27. The molecule has 1 unspecified atom stereocenters. The molecule has 7 heteroatoms. The van der Waals surface area contributed by atoms with Crippen molar-refractivity contribution in [1.29, 1.82) is 0 Å². The third-order valence-electron chi connectivity index (χ3n) is 4.27. The van der Waals surface area contributed by atoms with Gasteiger partial charge in [0.2, 0.25) is 5.91 Å². The Labute approximate surface area is 116 Å². The molecular weight excluding hydrogens is 273 g/mol. The molecule has 2 aliphatic heterocycles. The quantitative estimate of drug-likeness (QED) is 0.848. The topological polar surface area (TPSA) is 43.8 Å². The van der Waals surface area contributed by atoms with Crippen LogP contribution < -0.4 is 0 Å². The molecule has 0 bridgehead atoms. The van der Waals surface area contributed by atoms with Crippen molar-refractivity contribution in [3.05, 3.63) is 0 Å². The average molecular weight is 294 g/mol. The highest BCUT2D eigenvalue weighted by Crippen LogP contribution is 2.31. The number of hydrogen-bond acceptors (Lipinski definition) is 3. The molecule has 2 aliphatic rings. The lowest BCUT2D eigenvalue weighted by molar-refractivity contribution is -0.223. The first-order valence-electron chi connectivity index (χ1n) is 7.13. The summed E-state index contributed by atoms with van der Waals surface area (Å²) in [6.07, 6.45) is -4.50. The van der Waals surface area contributed by atoms with Crippen molar-refractivity contribution in [2.45, 2.75) is 38.0 Å². The summed E-state index contributed by atoms with van der Waals surface area (Å²) in [6.45, 7) is 3.27. The number of alkyl halides is 3. The average Bonchev–Trinajstić information content (AvgIpc) is 2.81. The van der Waals surface area contributed by atoms with Crippen LogP contribution in [0.25, 0.3) is 0 Å². The summed E-state index contributed by atoms with van der Waals surface area (Å²) >= 11 is 0. The van der Waals surface area contributed by atoms with E-state index in [1.54, 1.807) is 0 Å². The van der Waals surface area contributed by atoms with Crippen molar-refractivity contribution in [1.82, 2.24) is 9.80 Å². The maximum absolute atomic E-state index is 12.4. The van der Waals surface area contributed by atoms with Crippen molar-refractivity contribution in [2.24, 2.45) is 5.92 Å². The van der Waals surface area contributed by atoms with E-state index in [1.165, 1.54) is 0 Å². The Morgan fingerprint density at radius 1 is 1.20 bits per heavy atom. The highest BCUT2D eigenvalue weighted by molar-refractivity contribution is 5.78. The smallest absolute Gasteiger partial charge is 0.383 e. The molecule has 20 heavy (non-hydrogen) atoms. The van der Waals surface area contributed by atoms with Crippen molar-refractivity contribution < 1.29 is 23.1 Å². The van der Waals surface area contributed by atoms with Crippen LogP contribution in [-0.4, -0.2) is 65.8 Å². The monoisotopic (exact) mass is 294 g/mol. The van der Waals surface area contributed by atoms with E-state index in [4.69, 9.17) is 0 Å². The fourth-order valence-corrected chi connectivity index (χ4v) is 2.96. The molecule has 0 radical (unpaired) electrons. The van der Waals surface area contributed by atoms with Crippen LogP contribution in [0.15, 0.2) is 0 Å². The van der Waals surface area contributed by atoms with Crippen LogP contribution in [0.1, 0.15) is 25.7 Å². The second-order valence-corrected chi connectivity index (χ2v) is 5.65. The summed E-state index contributed by atoms with van der Waals surface area (Å²) < 4.78 is 37.3. The maximum atomic E-state index is 12.4. The lowest BCUT2D eigenvalue weighted by Crippen LogP contribution is -2.45. The number of amides is 1. The largest absolute Gasteiger partial charge is 0.414 e. The fourth-order valence-electron chi connectivity index (χ4n) is 2.96. The molecule has 0 aliphatic carbocycles. The van der Waals surface area contributed by atoms with Gasteiger partial charge in [-0.1, -0.05) is 0 Å². The normalized spacial score (nSPS) is 24.4. The van der Waals surface area contributed by atoms with Gasteiger partial charge in [0.1, 0.15) is 0 Å². The van der Waals surface area contributed by atoms with Crippen molar-refractivity contribution in [3.8, 4) is 0 Å². The van der Waals surface area contributed by atoms with Gasteiger partial charge in [-0.2, -0.15) is 13.2 Å². The van der Waals surface area contributed by atoms with Crippen LogP contribution in [0.4, 0.5) is 13.2 Å². The molecule has 2 fully saturated rings.